The Labute approximate surface area is 260 Å². The van der Waals surface area contributed by atoms with E-state index in [4.69, 9.17) is 0 Å². The summed E-state index contributed by atoms with van der Waals surface area (Å²) in [7, 11) is -1.07. The molecule has 2 aliphatic rings. The maximum atomic E-state index is 3.43. The molecule has 0 aromatic heterocycles. The van der Waals surface area contributed by atoms with Crippen molar-refractivity contribution in [3.63, 3.8) is 0 Å². The van der Waals surface area contributed by atoms with Crippen molar-refractivity contribution in [3.8, 4) is 11.1 Å². The number of halogens is 2. The number of fused-ring (bicyclic) bond motifs is 3. The van der Waals surface area contributed by atoms with Crippen LogP contribution in [0.3, 0.4) is 0 Å². The Hall–Kier alpha value is -1.31. The molecule has 0 bridgehead atoms. The van der Waals surface area contributed by atoms with Gasteiger partial charge in [0.2, 0.25) is 0 Å². The first-order valence-corrected chi connectivity index (χ1v) is 17.8. The minimum Gasteiger partial charge on any atom is -1.00 e. The van der Waals surface area contributed by atoms with Gasteiger partial charge in [-0.25, -0.2) is 10.8 Å². The zero-order valence-electron chi connectivity index (χ0n) is 24.0. The van der Waals surface area contributed by atoms with E-state index in [0.29, 0.717) is 5.92 Å². The molecule has 200 valence electrons. The first-order valence-electron chi connectivity index (χ1n) is 12.9. The second-order valence-electron chi connectivity index (χ2n) is 11.8. The maximum absolute atomic E-state index is 3.43. The van der Waals surface area contributed by atoms with Gasteiger partial charge in [0.1, 0.15) is 0 Å². The summed E-state index contributed by atoms with van der Waals surface area (Å²) in [6, 6.07) is 26.9. The summed E-state index contributed by atoms with van der Waals surface area (Å²) < 4.78 is 2.21. The summed E-state index contributed by atoms with van der Waals surface area (Å²) in [5.41, 5.74) is 9.93. The quantitative estimate of drug-likeness (QED) is 0.234. The average Bonchev–Trinajstić information content (AvgIpc) is 3.38. The Morgan fingerprint density at radius 3 is 2.00 bits per heavy atom. The van der Waals surface area contributed by atoms with Crippen molar-refractivity contribution in [2.75, 3.05) is 0 Å². The van der Waals surface area contributed by atoms with Gasteiger partial charge in [-0.15, -0.1) is 5.56 Å². The predicted octanol–water partition coefficient (Wildman–Crippen LogP) is 2.94. The fraction of sp³-hybridized carbons (Fsp3) is 0.324. The number of hydrogen-bond donors (Lipinski definition) is 0. The van der Waals surface area contributed by atoms with Gasteiger partial charge in [0.05, 0.1) is 0 Å². The molecule has 38 heavy (non-hydrogen) atoms. The summed E-state index contributed by atoms with van der Waals surface area (Å²) in [5.74, 6) is 0.553. The van der Waals surface area contributed by atoms with Gasteiger partial charge in [0, 0.05) is 0 Å². The Balaban J connectivity index is 0.000000279. The minimum atomic E-state index is -1.07. The van der Waals surface area contributed by atoms with Gasteiger partial charge in [-0.2, -0.15) is 35.9 Å². The molecule has 4 heteroatoms. The molecule has 1 atom stereocenters. The monoisotopic (exact) mass is 636 g/mol. The summed E-state index contributed by atoms with van der Waals surface area (Å²) in [6.45, 7) is 18.3. The van der Waals surface area contributed by atoms with Crippen LogP contribution in [0.25, 0.3) is 11.1 Å². The molecule has 0 aliphatic heterocycles. The second kappa shape index (κ2) is 14.9. The second-order valence-corrected chi connectivity index (χ2v) is 17.5. The van der Waals surface area contributed by atoms with Gasteiger partial charge in [-0.05, 0) is 14.5 Å². The Morgan fingerprint density at radius 2 is 1.50 bits per heavy atom. The largest absolute Gasteiger partial charge is 1.00 e. The molecule has 5 rings (SSSR count). The third-order valence-corrected chi connectivity index (χ3v) is 9.61. The van der Waals surface area contributed by atoms with Gasteiger partial charge in [0.25, 0.3) is 0 Å². The van der Waals surface area contributed by atoms with Crippen molar-refractivity contribution in [3.05, 3.63) is 118 Å². The van der Waals surface area contributed by atoms with Crippen LogP contribution in [-0.2, 0) is 36.1 Å². The third-order valence-electron chi connectivity index (χ3n) is 6.63. The Morgan fingerprint density at radius 1 is 0.895 bits per heavy atom. The van der Waals surface area contributed by atoms with E-state index >= 15 is 0 Å². The van der Waals surface area contributed by atoms with E-state index in [2.05, 4.69) is 137 Å². The van der Waals surface area contributed by atoms with Crippen LogP contribution >= 0.6 is 0 Å². The van der Waals surface area contributed by atoms with E-state index in [1.807, 2.05) is 6.07 Å². The van der Waals surface area contributed by atoms with Crippen LogP contribution in [0.2, 0.25) is 19.6 Å². The van der Waals surface area contributed by atoms with E-state index in [9.17, 15) is 0 Å². The SMILES string of the molecule is CC(C)(C)c1ccc([CH]=[Zr+2])cc1.CC1=[C-]C(C)C=C1[Si](C)(C)C.[Cl-].[Cl-].[c-]1cccc2c1Cc1ccccc1-2. The van der Waals surface area contributed by atoms with Crippen molar-refractivity contribution in [2.24, 2.45) is 5.92 Å². The number of hydrogen-bond acceptors (Lipinski definition) is 0. The molecule has 0 N–H and O–H groups in total. The van der Waals surface area contributed by atoms with E-state index in [1.54, 1.807) is 5.20 Å². The molecule has 0 fully saturated rings. The normalized spacial score (nSPS) is 15.1. The first-order chi connectivity index (χ1) is 16.9. The van der Waals surface area contributed by atoms with Crippen LogP contribution in [0.15, 0.2) is 83.6 Å². The van der Waals surface area contributed by atoms with Crippen molar-refractivity contribution in [2.45, 2.75) is 66.1 Å². The van der Waals surface area contributed by atoms with Crippen LogP contribution in [0.5, 0.6) is 0 Å². The Bertz CT molecular complexity index is 1220. The zero-order chi connectivity index (χ0) is 26.5. The summed E-state index contributed by atoms with van der Waals surface area (Å²) in [4.78, 5) is 0. The van der Waals surface area contributed by atoms with Crippen molar-refractivity contribution >= 4 is 11.8 Å². The molecule has 0 spiro atoms. The molecule has 0 nitrogen and oxygen atoms in total. The van der Waals surface area contributed by atoms with Crippen LogP contribution in [-0.4, -0.2) is 11.8 Å². The van der Waals surface area contributed by atoms with Crippen LogP contribution in [0.4, 0.5) is 0 Å². The molecule has 0 heterocycles. The molecule has 0 saturated carbocycles. The summed E-state index contributed by atoms with van der Waals surface area (Å²) >= 11 is 1.46. The molecule has 0 radical (unpaired) electrons. The van der Waals surface area contributed by atoms with Gasteiger partial charge in [-0.1, -0.05) is 74.8 Å². The third kappa shape index (κ3) is 9.41. The van der Waals surface area contributed by atoms with Crippen LogP contribution in [0.1, 0.15) is 56.9 Å². The van der Waals surface area contributed by atoms with Gasteiger partial charge in [-0.3, -0.25) is 6.08 Å². The number of rotatable bonds is 2. The van der Waals surface area contributed by atoms with Crippen molar-refractivity contribution in [1.29, 1.82) is 0 Å². The maximum Gasteiger partial charge on any atom is -0.0112 e. The minimum absolute atomic E-state index is 0. The average molecular weight is 639 g/mol. The topological polar surface area (TPSA) is 0 Å². The first kappa shape index (κ1) is 34.7. The van der Waals surface area contributed by atoms with E-state index < -0.39 is 8.07 Å². The van der Waals surface area contributed by atoms with E-state index in [-0.39, 0.29) is 30.2 Å². The summed E-state index contributed by atoms with van der Waals surface area (Å²) in [5, 5.41) is 1.60. The van der Waals surface area contributed by atoms with Gasteiger partial charge >= 0.3 is 89.5 Å². The van der Waals surface area contributed by atoms with Crippen molar-refractivity contribution in [1.82, 2.24) is 0 Å². The molecular weight excluding hydrogens is 599 g/mol. The molecular formula is C34H40Cl2SiZr-2. The summed E-state index contributed by atoms with van der Waals surface area (Å²) in [6.07, 6.45) is 6.86. The number of allylic oxidation sites excluding steroid dienone is 4. The Kier molecular flexibility index (Phi) is 13.6. The fourth-order valence-electron chi connectivity index (χ4n) is 4.73. The predicted molar refractivity (Wildman–Crippen MR) is 157 cm³/mol. The van der Waals surface area contributed by atoms with E-state index in [0.717, 1.165) is 6.42 Å². The fourth-order valence-corrected chi connectivity index (χ4v) is 7.15. The zero-order valence-corrected chi connectivity index (χ0v) is 29.0. The number of benzene rings is 3. The molecule has 3 aromatic carbocycles. The van der Waals surface area contributed by atoms with E-state index in [1.165, 1.54) is 63.2 Å². The molecule has 1 unspecified atom stereocenters. The van der Waals surface area contributed by atoms with Crippen molar-refractivity contribution < 1.29 is 49.0 Å². The van der Waals surface area contributed by atoms with Crippen LogP contribution in [0, 0.1) is 18.1 Å². The van der Waals surface area contributed by atoms with Gasteiger partial charge in [0.15, 0.2) is 0 Å². The molecule has 2 aliphatic carbocycles. The standard InChI is InChI=1S/C13H9.C11H14.C10H17Si.2ClH.Zr/c1-3-7-12-10(5-1)9-11-6-2-4-8-13(11)12;1-9-5-7-10(8-6-9)11(2,3)4;1-8-6-9(2)10(7-8)11(3,4)5;;;/h1-5,7-8H,9H2;1,5-8H,2-4H3;7-8H,1-5H3;2*1H;/q-1;;-1;;;+2/p-2. The smallest absolute Gasteiger partial charge is 0.0112 e. The van der Waals surface area contributed by atoms with Crippen LogP contribution < -0.4 is 24.8 Å². The molecule has 0 saturated heterocycles. The van der Waals surface area contributed by atoms with Gasteiger partial charge < -0.3 is 24.8 Å². The molecule has 3 aromatic rings. The molecule has 0 amide bonds.